The molecular weight excluding hydrogens is 494 g/mol. The summed E-state index contributed by atoms with van der Waals surface area (Å²) in [6.07, 6.45) is 17.2. The van der Waals surface area contributed by atoms with Gasteiger partial charge in [-0.1, -0.05) is 120 Å². The summed E-state index contributed by atoms with van der Waals surface area (Å²) in [5.41, 5.74) is 2.64. The first kappa shape index (κ1) is 33.9. The number of benzene rings is 2. The summed E-state index contributed by atoms with van der Waals surface area (Å²) in [6, 6.07) is 19.0. The summed E-state index contributed by atoms with van der Waals surface area (Å²) in [5, 5.41) is 0. The van der Waals surface area contributed by atoms with Gasteiger partial charge in [0.25, 0.3) is 0 Å². The number of aryl methyl sites for hydroxylation is 1. The Hall–Kier alpha value is -2.33. The second kappa shape index (κ2) is 20.5. The van der Waals surface area contributed by atoms with Gasteiger partial charge in [-0.05, 0) is 37.3 Å². The summed E-state index contributed by atoms with van der Waals surface area (Å²) < 4.78 is 12.6. The molecule has 224 valence electrons. The molecule has 2 aromatic carbocycles. The van der Waals surface area contributed by atoms with Gasteiger partial charge in [0.1, 0.15) is 12.3 Å². The monoisotopic (exact) mass is 552 g/mol. The molecule has 0 aliphatic carbocycles. The molecular formula is C36H58NO3+. The molecule has 2 rings (SSSR count). The van der Waals surface area contributed by atoms with Crippen LogP contribution < -0.4 is 4.74 Å². The van der Waals surface area contributed by atoms with Crippen molar-refractivity contribution >= 4 is 5.97 Å². The van der Waals surface area contributed by atoms with Gasteiger partial charge >= 0.3 is 5.97 Å². The van der Waals surface area contributed by atoms with E-state index in [-0.39, 0.29) is 11.9 Å². The number of nitrogens with zero attached hydrogens (tertiary/aromatic N) is 1. The second-order valence-corrected chi connectivity index (χ2v) is 12.3. The fourth-order valence-corrected chi connectivity index (χ4v) is 5.17. The van der Waals surface area contributed by atoms with Crippen LogP contribution in [0.1, 0.15) is 108 Å². The van der Waals surface area contributed by atoms with Crippen molar-refractivity contribution < 1.29 is 18.8 Å². The lowest BCUT2D eigenvalue weighted by Crippen LogP contribution is -2.40. The third kappa shape index (κ3) is 15.5. The quantitative estimate of drug-likeness (QED) is 0.0783. The van der Waals surface area contributed by atoms with Crippen LogP contribution in [0.25, 0.3) is 0 Å². The summed E-state index contributed by atoms with van der Waals surface area (Å²) in [7, 11) is 4.45. The molecule has 4 heteroatoms. The number of quaternary nitrogens is 1. The van der Waals surface area contributed by atoms with Crippen LogP contribution in [0.15, 0.2) is 54.6 Å². The second-order valence-electron chi connectivity index (χ2n) is 12.3. The third-order valence-electron chi connectivity index (χ3n) is 7.84. The summed E-state index contributed by atoms with van der Waals surface area (Å²) in [6.45, 7) is 7.30. The molecule has 2 aromatic rings. The Balaban J connectivity index is 1.53. The van der Waals surface area contributed by atoms with Crippen molar-refractivity contribution in [1.29, 1.82) is 0 Å². The van der Waals surface area contributed by atoms with Crippen molar-refractivity contribution in [1.82, 2.24) is 0 Å². The topological polar surface area (TPSA) is 35.5 Å². The Labute approximate surface area is 246 Å². The highest BCUT2D eigenvalue weighted by atomic mass is 16.5. The molecule has 0 saturated carbocycles. The van der Waals surface area contributed by atoms with Gasteiger partial charge in [0.15, 0.2) is 0 Å². The Morgan fingerprint density at radius 3 is 2.05 bits per heavy atom. The van der Waals surface area contributed by atoms with Crippen LogP contribution in [0.5, 0.6) is 5.75 Å². The minimum Gasteiger partial charge on any atom is -0.493 e. The highest BCUT2D eigenvalue weighted by Gasteiger charge is 2.21. The normalized spacial score (nSPS) is 12.3. The molecule has 0 aliphatic heterocycles. The van der Waals surface area contributed by atoms with Gasteiger partial charge in [-0.15, -0.1) is 0 Å². The molecule has 0 aromatic heterocycles. The Kier molecular flexibility index (Phi) is 17.4. The molecule has 1 unspecified atom stereocenters. The van der Waals surface area contributed by atoms with Gasteiger partial charge in [-0.25, -0.2) is 0 Å². The molecule has 0 aliphatic rings. The molecule has 40 heavy (non-hydrogen) atoms. The maximum absolute atomic E-state index is 12.5. The van der Waals surface area contributed by atoms with E-state index in [0.29, 0.717) is 13.2 Å². The van der Waals surface area contributed by atoms with Gasteiger partial charge in [0, 0.05) is 12.0 Å². The highest BCUT2D eigenvalue weighted by Crippen LogP contribution is 2.21. The van der Waals surface area contributed by atoms with Gasteiger partial charge in [0.2, 0.25) is 0 Å². The minimum absolute atomic E-state index is 0.0810. The van der Waals surface area contributed by atoms with Crippen molar-refractivity contribution in [3.63, 3.8) is 0 Å². The number of ether oxygens (including phenoxy) is 2. The third-order valence-corrected chi connectivity index (χ3v) is 7.84. The first-order valence-corrected chi connectivity index (χ1v) is 16.1. The zero-order chi connectivity index (χ0) is 28.9. The number of unbranched alkanes of at least 4 members (excludes halogenated alkanes) is 10. The SMILES string of the molecule is CCCCCCCCCCCCc1ccccc1OCCCCOC(=O)C(C)CC[N+](C)(C)Cc1ccccc1. The van der Waals surface area contributed by atoms with E-state index in [9.17, 15) is 4.79 Å². The Morgan fingerprint density at radius 1 is 0.750 bits per heavy atom. The van der Waals surface area contributed by atoms with E-state index in [2.05, 4.69) is 69.6 Å². The number of rotatable bonds is 23. The van der Waals surface area contributed by atoms with Crippen molar-refractivity contribution in [2.75, 3.05) is 33.9 Å². The van der Waals surface area contributed by atoms with Gasteiger partial charge in [0.05, 0.1) is 39.8 Å². The fraction of sp³-hybridized carbons (Fsp3) is 0.639. The van der Waals surface area contributed by atoms with Crippen molar-refractivity contribution in [2.24, 2.45) is 5.92 Å². The predicted molar refractivity (Wildman–Crippen MR) is 169 cm³/mol. The zero-order valence-corrected chi connectivity index (χ0v) is 26.2. The predicted octanol–water partition coefficient (Wildman–Crippen LogP) is 9.16. The molecule has 0 heterocycles. The van der Waals surface area contributed by atoms with E-state index in [1.807, 2.05) is 13.0 Å². The largest absolute Gasteiger partial charge is 0.493 e. The average Bonchev–Trinajstić information content (AvgIpc) is 2.95. The van der Waals surface area contributed by atoms with Crippen LogP contribution in [0.4, 0.5) is 0 Å². The number of hydrogen-bond acceptors (Lipinski definition) is 3. The molecule has 0 saturated heterocycles. The van der Waals surface area contributed by atoms with E-state index in [1.54, 1.807) is 0 Å². The molecule has 0 radical (unpaired) electrons. The van der Waals surface area contributed by atoms with Crippen molar-refractivity contribution in [3.8, 4) is 5.75 Å². The standard InChI is InChI=1S/C36H58NO3/c1-5-6-7-8-9-10-11-12-13-17-24-34-25-18-19-26-35(34)39-29-20-21-30-40-36(38)32(2)27-28-37(3,4)31-33-22-15-14-16-23-33/h14-16,18-19,22-23,25-26,32H,5-13,17,20-21,24,27-31H2,1-4H3/q+1. The zero-order valence-electron chi connectivity index (χ0n) is 26.2. The Morgan fingerprint density at radius 2 is 1.35 bits per heavy atom. The summed E-state index contributed by atoms with van der Waals surface area (Å²) in [4.78, 5) is 12.5. The molecule has 0 fully saturated rings. The van der Waals surface area contributed by atoms with Gasteiger partial charge in [-0.3, -0.25) is 4.79 Å². The van der Waals surface area contributed by atoms with Crippen LogP contribution in [0.2, 0.25) is 0 Å². The molecule has 4 nitrogen and oxygen atoms in total. The van der Waals surface area contributed by atoms with Crippen LogP contribution in [0.3, 0.4) is 0 Å². The smallest absolute Gasteiger partial charge is 0.308 e. The maximum Gasteiger partial charge on any atom is 0.308 e. The van der Waals surface area contributed by atoms with E-state index in [0.717, 1.165) is 49.0 Å². The molecule has 0 N–H and O–H groups in total. The molecule has 0 spiro atoms. The number of hydrogen-bond donors (Lipinski definition) is 0. The van der Waals surface area contributed by atoms with Crippen molar-refractivity contribution in [3.05, 3.63) is 65.7 Å². The van der Waals surface area contributed by atoms with E-state index in [4.69, 9.17) is 9.47 Å². The number of carbonyl (C=O) groups is 1. The lowest BCUT2D eigenvalue weighted by molar-refractivity contribution is -0.904. The maximum atomic E-state index is 12.5. The summed E-state index contributed by atoms with van der Waals surface area (Å²) >= 11 is 0. The minimum atomic E-state index is -0.0814. The average molecular weight is 553 g/mol. The lowest BCUT2D eigenvalue weighted by Gasteiger charge is -2.30. The van der Waals surface area contributed by atoms with Crippen LogP contribution in [-0.2, 0) is 22.5 Å². The fourth-order valence-electron chi connectivity index (χ4n) is 5.17. The number of esters is 1. The summed E-state index contributed by atoms with van der Waals surface area (Å²) in [5.74, 6) is 0.852. The van der Waals surface area contributed by atoms with Gasteiger partial charge in [-0.2, -0.15) is 0 Å². The van der Waals surface area contributed by atoms with Crippen molar-refractivity contribution in [2.45, 2.75) is 110 Å². The van der Waals surface area contributed by atoms with Crippen LogP contribution >= 0.6 is 0 Å². The van der Waals surface area contributed by atoms with Gasteiger partial charge < -0.3 is 14.0 Å². The highest BCUT2D eigenvalue weighted by molar-refractivity contribution is 5.71. The molecule has 0 amide bonds. The molecule has 0 bridgehead atoms. The van der Waals surface area contributed by atoms with E-state index < -0.39 is 0 Å². The van der Waals surface area contributed by atoms with E-state index >= 15 is 0 Å². The number of para-hydroxylation sites is 1. The van der Waals surface area contributed by atoms with Crippen LogP contribution in [-0.4, -0.2) is 44.3 Å². The van der Waals surface area contributed by atoms with Crippen LogP contribution in [0, 0.1) is 5.92 Å². The Bertz CT molecular complexity index is 911. The van der Waals surface area contributed by atoms with E-state index in [1.165, 1.54) is 75.3 Å². The first-order chi connectivity index (χ1) is 19.4. The molecule has 1 atom stereocenters. The first-order valence-electron chi connectivity index (χ1n) is 16.1. The lowest BCUT2D eigenvalue weighted by atomic mass is 10.0. The number of carbonyl (C=O) groups excluding carboxylic acids is 1.